The van der Waals surface area contributed by atoms with E-state index in [2.05, 4.69) is 158 Å². The van der Waals surface area contributed by atoms with Crippen molar-refractivity contribution >= 4 is 0 Å². The number of hydrogen-bond donors (Lipinski definition) is 3. The van der Waals surface area contributed by atoms with Crippen molar-refractivity contribution in [3.05, 3.63) is 23.3 Å². The second-order valence-electron chi connectivity index (χ2n) is 29.2. The summed E-state index contributed by atoms with van der Waals surface area (Å²) in [7, 11) is 0. The topological polar surface area (TPSA) is 60.7 Å². The molecule has 3 nitrogen and oxygen atoms in total. The first-order chi connectivity index (χ1) is 26.9. The molecular weight excluding hydrogens is 733 g/mol. The lowest BCUT2D eigenvalue weighted by Gasteiger charge is -2.61. The van der Waals surface area contributed by atoms with Crippen molar-refractivity contribution in [2.75, 3.05) is 0 Å². The van der Waals surface area contributed by atoms with E-state index in [1.807, 2.05) is 0 Å². The molecule has 0 aliphatic heterocycles. The third-order valence-corrected chi connectivity index (χ3v) is 18.4. The highest BCUT2D eigenvalue weighted by atomic mass is 16.3. The van der Waals surface area contributed by atoms with Crippen LogP contribution in [0.25, 0.3) is 0 Å². The summed E-state index contributed by atoms with van der Waals surface area (Å²) in [6.07, 6.45) is 19.0. The molecule has 0 saturated heterocycles. The fourth-order valence-electron chi connectivity index (χ4n) is 16.2. The molecule has 60 heavy (non-hydrogen) atoms. The number of allylic oxidation sites excluding steroid dienone is 2. The summed E-state index contributed by atoms with van der Waals surface area (Å²) in [5, 5.41) is 30.1. The molecule has 4 saturated carbocycles. The van der Waals surface area contributed by atoms with E-state index in [4.69, 9.17) is 0 Å². The highest BCUT2D eigenvalue weighted by Gasteiger charge is 2.57. The van der Waals surface area contributed by atoms with E-state index in [1.54, 1.807) is 0 Å². The van der Waals surface area contributed by atoms with Crippen LogP contribution in [0.3, 0.4) is 0 Å². The van der Waals surface area contributed by atoms with Gasteiger partial charge >= 0.3 is 0 Å². The molecule has 350 valence electrons. The van der Waals surface area contributed by atoms with Crippen LogP contribution < -0.4 is 0 Å². The lowest BCUT2D eigenvalue weighted by molar-refractivity contribution is -0.134. The lowest BCUT2D eigenvalue weighted by atomic mass is 9.44. The molecule has 0 aromatic rings. The van der Waals surface area contributed by atoms with Crippen LogP contribution in [0.2, 0.25) is 0 Å². The first-order valence-corrected chi connectivity index (χ1v) is 25.3. The molecule has 3 N–H and O–H groups in total. The average Bonchev–Trinajstić information content (AvgIpc) is 3.05. The summed E-state index contributed by atoms with van der Waals surface area (Å²) in [5.74, 6) is 5.19. The second-order valence-corrected chi connectivity index (χ2v) is 29.2. The van der Waals surface area contributed by atoms with E-state index in [0.717, 1.165) is 74.5 Å². The van der Waals surface area contributed by atoms with Crippen molar-refractivity contribution in [1.29, 1.82) is 0 Å². The van der Waals surface area contributed by atoms with Crippen molar-refractivity contribution in [3.8, 4) is 0 Å². The largest absolute Gasteiger partial charge is 0.393 e. The number of aliphatic hydroxyl groups is 3. The van der Waals surface area contributed by atoms with Gasteiger partial charge in [-0.2, -0.15) is 0 Å². The molecule has 0 spiro atoms. The number of aliphatic hydroxyl groups excluding tert-OH is 3. The summed E-state index contributed by atoms with van der Waals surface area (Å²) in [5.41, 5.74) is 6.16. The van der Waals surface area contributed by atoms with Gasteiger partial charge in [0.15, 0.2) is 0 Å². The maximum atomic E-state index is 10.1. The SMILES string of the molecule is CC(C)(C)C1CC=C2C[C@@H](O)CC[C@]2(C)C1C(C)(C)C.CC(C)(C)C1CCC2=C[C@@H](O)CC[C@]2(C)C1C(C)(C)C.CC(C)(C)C1CCC2C[C@@H](O)CC[C@]2(C)C1C(C)(C)C. The van der Waals surface area contributed by atoms with Crippen LogP contribution in [-0.4, -0.2) is 33.6 Å². The molecule has 4 fully saturated rings. The maximum absolute atomic E-state index is 10.1. The van der Waals surface area contributed by atoms with Gasteiger partial charge in [0, 0.05) is 0 Å². The van der Waals surface area contributed by atoms with Gasteiger partial charge in [-0.1, -0.05) is 169 Å². The lowest BCUT2D eigenvalue weighted by Crippen LogP contribution is -2.54. The Hall–Kier alpha value is -0.640. The minimum absolute atomic E-state index is 0.0418. The summed E-state index contributed by atoms with van der Waals surface area (Å²) >= 11 is 0. The van der Waals surface area contributed by atoms with Gasteiger partial charge in [0.2, 0.25) is 0 Å². The molecule has 3 heteroatoms. The second kappa shape index (κ2) is 17.6. The Morgan fingerprint density at radius 3 is 1.42 bits per heavy atom. The molecule has 0 amide bonds. The molecule has 13 atom stereocenters. The van der Waals surface area contributed by atoms with Crippen LogP contribution in [0.1, 0.15) is 229 Å². The third-order valence-electron chi connectivity index (χ3n) is 18.4. The van der Waals surface area contributed by atoms with Crippen LogP contribution in [0.4, 0.5) is 0 Å². The van der Waals surface area contributed by atoms with Crippen molar-refractivity contribution in [1.82, 2.24) is 0 Å². The highest BCUT2D eigenvalue weighted by molar-refractivity contribution is 5.26. The summed E-state index contributed by atoms with van der Waals surface area (Å²) in [6, 6.07) is 0. The van der Waals surface area contributed by atoms with Crippen LogP contribution in [0.15, 0.2) is 23.3 Å². The Bertz CT molecular complexity index is 1490. The van der Waals surface area contributed by atoms with Crippen molar-refractivity contribution in [2.24, 2.45) is 90.2 Å². The predicted octanol–water partition coefficient (Wildman–Crippen LogP) is 15.7. The Morgan fingerprint density at radius 2 is 0.917 bits per heavy atom. The smallest absolute Gasteiger partial charge is 0.0724 e. The standard InChI is InChI=1S/C19H36O.2C19H34O/c3*1-17(2,3)15-9-8-13-12-14(20)10-11-19(13,7)16(15)18(4,5)6/h13-16,20H,8-12H2,1-7H3;12,14-16,20H,8-11H2,1-7H3;8,14-16,20H,9-12H2,1-7H3/t13?,14-,15?,16?,19-;2*14-,15?,16?,19-/m000/s1. The van der Waals surface area contributed by atoms with Gasteiger partial charge in [-0.15, -0.1) is 0 Å². The number of fused-ring (bicyclic) bond motifs is 3. The predicted molar refractivity (Wildman–Crippen MR) is 260 cm³/mol. The van der Waals surface area contributed by atoms with Crippen molar-refractivity contribution in [3.63, 3.8) is 0 Å². The molecular formula is C57H104O3. The fraction of sp³-hybridized carbons (Fsp3) is 0.930. The summed E-state index contributed by atoms with van der Waals surface area (Å²) in [4.78, 5) is 0. The van der Waals surface area contributed by atoms with Gasteiger partial charge in [-0.05, 0) is 174 Å². The maximum Gasteiger partial charge on any atom is 0.0724 e. The first kappa shape index (κ1) is 52.0. The minimum Gasteiger partial charge on any atom is -0.393 e. The van der Waals surface area contributed by atoms with Gasteiger partial charge in [-0.25, -0.2) is 0 Å². The zero-order chi connectivity index (χ0) is 46.0. The molecule has 0 heterocycles. The molecule has 0 aromatic heterocycles. The van der Waals surface area contributed by atoms with Crippen LogP contribution in [0, 0.1) is 90.2 Å². The molecule has 0 aromatic carbocycles. The molecule has 6 aliphatic rings. The highest BCUT2D eigenvalue weighted by Crippen LogP contribution is 2.65. The fourth-order valence-corrected chi connectivity index (χ4v) is 16.2. The molecule has 0 radical (unpaired) electrons. The Labute approximate surface area is 374 Å². The van der Waals surface area contributed by atoms with E-state index in [9.17, 15) is 15.3 Å². The Balaban J connectivity index is 0.000000198. The monoisotopic (exact) mass is 837 g/mol. The van der Waals surface area contributed by atoms with E-state index >= 15 is 0 Å². The quantitative estimate of drug-likeness (QED) is 0.213. The van der Waals surface area contributed by atoms with Crippen molar-refractivity contribution in [2.45, 2.75) is 247 Å². The molecule has 6 rings (SSSR count). The van der Waals surface area contributed by atoms with E-state index < -0.39 is 0 Å². The molecule has 7 unspecified atom stereocenters. The van der Waals surface area contributed by atoms with Gasteiger partial charge in [0.25, 0.3) is 0 Å². The van der Waals surface area contributed by atoms with E-state index in [0.29, 0.717) is 49.7 Å². The van der Waals surface area contributed by atoms with Crippen LogP contribution >= 0.6 is 0 Å². The van der Waals surface area contributed by atoms with Crippen LogP contribution in [0.5, 0.6) is 0 Å². The summed E-state index contributed by atoms with van der Waals surface area (Å²) in [6.45, 7) is 51.0. The Morgan fingerprint density at radius 1 is 0.467 bits per heavy atom. The minimum atomic E-state index is -0.204. The van der Waals surface area contributed by atoms with Crippen LogP contribution in [-0.2, 0) is 0 Å². The third kappa shape index (κ3) is 11.1. The van der Waals surface area contributed by atoms with Gasteiger partial charge in [0.05, 0.1) is 18.3 Å². The summed E-state index contributed by atoms with van der Waals surface area (Å²) < 4.78 is 0. The van der Waals surface area contributed by atoms with Gasteiger partial charge in [0.1, 0.15) is 0 Å². The first-order valence-electron chi connectivity index (χ1n) is 25.3. The van der Waals surface area contributed by atoms with Gasteiger partial charge in [-0.3, -0.25) is 0 Å². The zero-order valence-electron chi connectivity index (χ0n) is 44.0. The number of rotatable bonds is 0. The van der Waals surface area contributed by atoms with Gasteiger partial charge < -0.3 is 15.3 Å². The normalized spacial score (nSPS) is 40.5. The average molecular weight is 837 g/mol. The molecule has 6 aliphatic carbocycles. The van der Waals surface area contributed by atoms with E-state index in [1.165, 1.54) is 49.7 Å². The molecule has 0 bridgehead atoms. The Kier molecular flexibility index (Phi) is 15.3. The van der Waals surface area contributed by atoms with E-state index in [-0.39, 0.29) is 29.1 Å². The zero-order valence-corrected chi connectivity index (χ0v) is 44.0. The number of hydrogen-bond acceptors (Lipinski definition) is 3. The van der Waals surface area contributed by atoms with Crippen molar-refractivity contribution < 1.29 is 15.3 Å².